The molecule has 4 aromatic rings. The summed E-state index contributed by atoms with van der Waals surface area (Å²) in [6.07, 6.45) is 4.04. The molecule has 5 rings (SSSR count). The van der Waals surface area contributed by atoms with E-state index in [-0.39, 0.29) is 29.2 Å². The molecule has 1 aliphatic rings. The zero-order valence-electron chi connectivity index (χ0n) is 18.7. The molecule has 1 amide bonds. The molecule has 34 heavy (non-hydrogen) atoms. The number of rotatable bonds is 5. The summed E-state index contributed by atoms with van der Waals surface area (Å²) >= 11 is 1.53. The molecule has 7 nitrogen and oxygen atoms in total. The van der Waals surface area contributed by atoms with Crippen LogP contribution >= 0.6 is 11.3 Å². The van der Waals surface area contributed by atoms with E-state index in [0.29, 0.717) is 16.3 Å². The zero-order chi connectivity index (χ0) is 23.7. The predicted molar refractivity (Wildman–Crippen MR) is 131 cm³/mol. The summed E-state index contributed by atoms with van der Waals surface area (Å²) in [5.74, 6) is -0.960. The van der Waals surface area contributed by atoms with E-state index >= 15 is 0 Å². The number of hydrogen-bond donors (Lipinski definition) is 0. The number of carbonyl (C=O) groups is 2. The van der Waals surface area contributed by atoms with E-state index in [4.69, 9.17) is 4.74 Å². The van der Waals surface area contributed by atoms with Crippen LogP contribution in [-0.2, 0) is 24.2 Å². The lowest BCUT2D eigenvalue weighted by Crippen LogP contribution is -2.28. The number of thiazole rings is 1. The molecule has 2 aromatic carbocycles. The quantitative estimate of drug-likeness (QED) is 0.405. The highest BCUT2D eigenvalue weighted by Crippen LogP contribution is 2.28. The second-order valence-corrected chi connectivity index (χ2v) is 9.27. The largest absolute Gasteiger partial charge is 0.456 e. The van der Waals surface area contributed by atoms with Crippen LogP contribution in [0.2, 0.25) is 0 Å². The van der Waals surface area contributed by atoms with E-state index in [1.165, 1.54) is 27.2 Å². The van der Waals surface area contributed by atoms with Crippen LogP contribution < -0.4 is 10.5 Å². The van der Waals surface area contributed by atoms with E-state index in [1.54, 1.807) is 35.7 Å². The van der Waals surface area contributed by atoms with Crippen LogP contribution in [0, 0.1) is 0 Å². The van der Waals surface area contributed by atoms with Crippen molar-refractivity contribution in [1.29, 1.82) is 0 Å². The Hall–Kier alpha value is -3.78. The molecule has 2 heterocycles. The minimum Gasteiger partial charge on any atom is -0.456 e. The van der Waals surface area contributed by atoms with Gasteiger partial charge in [0, 0.05) is 29.4 Å². The number of aromatic nitrogens is 2. The first kappa shape index (κ1) is 22.0. The molecule has 0 unspecified atom stereocenters. The number of amides is 1. The van der Waals surface area contributed by atoms with Gasteiger partial charge in [-0.15, -0.1) is 11.3 Å². The molecular formula is C26H23N3O4S. The van der Waals surface area contributed by atoms with Crippen LogP contribution in [0.5, 0.6) is 0 Å². The summed E-state index contributed by atoms with van der Waals surface area (Å²) in [5, 5.41) is 0. The summed E-state index contributed by atoms with van der Waals surface area (Å²) in [4.78, 5) is 46.6. The zero-order valence-corrected chi connectivity index (χ0v) is 19.5. The molecule has 0 bridgehead atoms. The molecule has 172 valence electrons. The molecule has 0 saturated heterocycles. The van der Waals surface area contributed by atoms with Gasteiger partial charge >= 0.3 is 5.97 Å². The summed E-state index contributed by atoms with van der Waals surface area (Å²) in [5.41, 5.74) is 2.42. The maximum atomic E-state index is 13.1. The van der Waals surface area contributed by atoms with Crippen molar-refractivity contribution in [3.8, 4) is 0 Å². The van der Waals surface area contributed by atoms with Crippen molar-refractivity contribution in [2.45, 2.75) is 32.3 Å². The van der Waals surface area contributed by atoms with Gasteiger partial charge in [-0.2, -0.15) is 0 Å². The van der Waals surface area contributed by atoms with Crippen LogP contribution in [0.3, 0.4) is 0 Å². The molecule has 0 saturated carbocycles. The highest BCUT2D eigenvalue weighted by atomic mass is 32.1. The van der Waals surface area contributed by atoms with Gasteiger partial charge in [-0.05, 0) is 49.9 Å². The second-order valence-electron chi connectivity index (χ2n) is 8.20. The van der Waals surface area contributed by atoms with Crippen molar-refractivity contribution in [3.05, 3.63) is 98.4 Å². The van der Waals surface area contributed by atoms with Crippen molar-refractivity contribution in [2.24, 2.45) is 0 Å². The Morgan fingerprint density at radius 2 is 1.74 bits per heavy atom. The van der Waals surface area contributed by atoms with Gasteiger partial charge < -0.3 is 9.64 Å². The minimum atomic E-state index is -0.641. The third kappa shape index (κ3) is 4.12. The maximum absolute atomic E-state index is 13.1. The molecule has 0 aliphatic heterocycles. The third-order valence-electron chi connectivity index (χ3n) is 5.99. The lowest BCUT2D eigenvalue weighted by atomic mass is 10.0. The first-order chi connectivity index (χ1) is 16.5. The Morgan fingerprint density at radius 1 is 1.03 bits per heavy atom. The number of carbonyl (C=O) groups excluding carboxylic acids is 2. The Balaban J connectivity index is 1.36. The number of anilines is 1. The number of ether oxygens (including phenoxy) is 1. The van der Waals surface area contributed by atoms with Crippen molar-refractivity contribution in [1.82, 2.24) is 9.38 Å². The standard InChI is InChI=1S/C26H23N3O4S/c1-28(18-9-3-2-4-10-18)24(31)19-11-5-6-12-20(19)25(32)33-16-17-15-23(30)29-21-13-7-8-14-22(21)34-26(29)27-17/h2-6,9-12,15H,7-8,13-14,16H2,1H3. The van der Waals surface area contributed by atoms with Gasteiger partial charge in [-0.25, -0.2) is 9.78 Å². The average molecular weight is 474 g/mol. The fraction of sp³-hybridized carbons (Fsp3) is 0.231. The van der Waals surface area contributed by atoms with Crippen LogP contribution in [-0.4, -0.2) is 28.3 Å². The molecular weight excluding hydrogens is 450 g/mol. The van der Waals surface area contributed by atoms with Gasteiger partial charge in [-0.3, -0.25) is 14.0 Å². The normalized spacial score (nSPS) is 12.9. The number of fused-ring (bicyclic) bond motifs is 3. The topological polar surface area (TPSA) is 81.0 Å². The summed E-state index contributed by atoms with van der Waals surface area (Å²) in [6, 6.07) is 17.2. The first-order valence-electron chi connectivity index (χ1n) is 11.2. The van der Waals surface area contributed by atoms with Gasteiger partial charge in [0.05, 0.1) is 16.8 Å². The van der Waals surface area contributed by atoms with Crippen molar-refractivity contribution < 1.29 is 14.3 Å². The van der Waals surface area contributed by atoms with E-state index < -0.39 is 5.97 Å². The third-order valence-corrected chi connectivity index (χ3v) is 7.13. The molecule has 0 atom stereocenters. The van der Waals surface area contributed by atoms with E-state index in [0.717, 1.165) is 31.4 Å². The number of aryl methyl sites for hydroxylation is 2. The summed E-state index contributed by atoms with van der Waals surface area (Å²) in [6.45, 7) is -0.149. The average Bonchev–Trinajstić information content (AvgIpc) is 3.26. The number of esters is 1. The highest BCUT2D eigenvalue weighted by molar-refractivity contribution is 7.17. The molecule has 1 aliphatic carbocycles. The van der Waals surface area contributed by atoms with Gasteiger partial charge in [0.25, 0.3) is 11.5 Å². The molecule has 0 radical (unpaired) electrons. The molecule has 0 spiro atoms. The Morgan fingerprint density at radius 3 is 2.53 bits per heavy atom. The molecule has 0 fully saturated rings. The Labute approximate surface area is 200 Å². The smallest absolute Gasteiger partial charge is 0.339 e. The van der Waals surface area contributed by atoms with E-state index in [2.05, 4.69) is 4.98 Å². The maximum Gasteiger partial charge on any atom is 0.339 e. The first-order valence-corrected chi connectivity index (χ1v) is 12.0. The SMILES string of the molecule is CN(C(=O)c1ccccc1C(=O)OCc1cc(=O)n2c3c(sc2n1)CCCC3)c1ccccc1. The van der Waals surface area contributed by atoms with Crippen LogP contribution in [0.1, 0.15) is 49.8 Å². The minimum absolute atomic E-state index is 0.149. The fourth-order valence-electron chi connectivity index (χ4n) is 4.23. The van der Waals surface area contributed by atoms with Crippen molar-refractivity contribution in [2.75, 3.05) is 11.9 Å². The molecule has 8 heteroatoms. The van der Waals surface area contributed by atoms with Crippen LogP contribution in [0.25, 0.3) is 4.96 Å². The predicted octanol–water partition coefficient (Wildman–Crippen LogP) is 4.27. The number of hydrogen-bond acceptors (Lipinski definition) is 6. The van der Waals surface area contributed by atoms with Gasteiger partial charge in [-0.1, -0.05) is 30.3 Å². The van der Waals surface area contributed by atoms with Gasteiger partial charge in [0.15, 0.2) is 4.96 Å². The van der Waals surface area contributed by atoms with Crippen LogP contribution in [0.4, 0.5) is 5.69 Å². The fourth-order valence-corrected chi connectivity index (χ4v) is 5.46. The van der Waals surface area contributed by atoms with E-state index in [9.17, 15) is 14.4 Å². The second kappa shape index (κ2) is 9.23. The Kier molecular flexibility index (Phi) is 5.98. The Bertz CT molecular complexity index is 1440. The van der Waals surface area contributed by atoms with Crippen LogP contribution in [0.15, 0.2) is 65.5 Å². The van der Waals surface area contributed by atoms with Gasteiger partial charge in [0.1, 0.15) is 6.61 Å². The number of nitrogens with zero attached hydrogens (tertiary/aromatic N) is 3. The lowest BCUT2D eigenvalue weighted by Gasteiger charge is -2.18. The summed E-state index contributed by atoms with van der Waals surface area (Å²) < 4.78 is 7.16. The lowest BCUT2D eigenvalue weighted by molar-refractivity contribution is 0.0465. The highest BCUT2D eigenvalue weighted by Gasteiger charge is 2.22. The number of benzene rings is 2. The molecule has 2 aromatic heterocycles. The van der Waals surface area contributed by atoms with E-state index in [1.807, 2.05) is 30.3 Å². The monoisotopic (exact) mass is 473 g/mol. The summed E-state index contributed by atoms with van der Waals surface area (Å²) in [7, 11) is 1.66. The van der Waals surface area contributed by atoms with Crippen molar-refractivity contribution in [3.63, 3.8) is 0 Å². The molecule has 0 N–H and O–H groups in total. The van der Waals surface area contributed by atoms with Gasteiger partial charge in [0.2, 0.25) is 0 Å². The number of para-hydroxylation sites is 1. The van der Waals surface area contributed by atoms with Crippen molar-refractivity contribution >= 4 is 33.9 Å².